The first-order valence-corrected chi connectivity index (χ1v) is 10.3. The molecule has 1 atom stereocenters. The van der Waals surface area contributed by atoms with Crippen LogP contribution in [0.3, 0.4) is 0 Å². The van der Waals surface area contributed by atoms with Gasteiger partial charge >= 0.3 is 0 Å². The highest BCUT2D eigenvalue weighted by molar-refractivity contribution is 6.30. The quantitative estimate of drug-likeness (QED) is 0.585. The largest absolute Gasteiger partial charge is 0.341 e. The second-order valence-electron chi connectivity index (χ2n) is 8.66. The van der Waals surface area contributed by atoms with E-state index in [1.165, 1.54) is 5.56 Å². The maximum absolute atomic E-state index is 13.0. The van der Waals surface area contributed by atoms with E-state index in [2.05, 4.69) is 60.7 Å². The van der Waals surface area contributed by atoms with Gasteiger partial charge in [0.05, 0.1) is 5.54 Å². The third-order valence-corrected chi connectivity index (χ3v) is 6.32. The number of aromatic nitrogens is 2. The zero-order chi connectivity index (χ0) is 20.8. The number of carbonyl (C=O) groups is 1. The van der Waals surface area contributed by atoms with Crippen LogP contribution in [0.1, 0.15) is 44.7 Å². The Labute approximate surface area is 177 Å². The van der Waals surface area contributed by atoms with Gasteiger partial charge in [-0.25, -0.2) is 4.98 Å². The molecule has 1 unspecified atom stereocenters. The molecule has 150 valence electrons. The van der Waals surface area contributed by atoms with Gasteiger partial charge in [0, 0.05) is 42.0 Å². The normalized spacial score (nSPS) is 17.7. The van der Waals surface area contributed by atoms with Crippen molar-refractivity contribution in [3.63, 3.8) is 0 Å². The molecule has 2 aromatic carbocycles. The standard InChI is InChI=1S/C24H26ClN3O/c1-23(2,3)27(4)21(29)13-14-24(17-9-11-18(25)12-10-17)20-8-6-5-7-19(20)22-26-15-16-28(22)24/h5-12,15-16H,13-14H2,1-4H3. The maximum atomic E-state index is 13.0. The van der Waals surface area contributed by atoms with Crippen molar-refractivity contribution in [1.82, 2.24) is 14.5 Å². The molecule has 4 nitrogen and oxygen atoms in total. The van der Waals surface area contributed by atoms with E-state index in [0.717, 1.165) is 17.0 Å². The fourth-order valence-electron chi connectivity index (χ4n) is 4.23. The van der Waals surface area contributed by atoms with Gasteiger partial charge in [-0.15, -0.1) is 0 Å². The Hall–Kier alpha value is -2.59. The Morgan fingerprint density at radius 1 is 1.14 bits per heavy atom. The predicted octanol–water partition coefficient (Wildman–Crippen LogP) is 5.35. The summed E-state index contributed by atoms with van der Waals surface area (Å²) in [5.41, 5.74) is 2.71. The van der Waals surface area contributed by atoms with Crippen molar-refractivity contribution in [2.75, 3.05) is 7.05 Å². The van der Waals surface area contributed by atoms with Crippen molar-refractivity contribution in [3.8, 4) is 11.4 Å². The summed E-state index contributed by atoms with van der Waals surface area (Å²) in [6, 6.07) is 16.3. The lowest BCUT2D eigenvalue weighted by atomic mass is 9.79. The number of rotatable bonds is 4. The summed E-state index contributed by atoms with van der Waals surface area (Å²) in [6.45, 7) is 6.16. The minimum absolute atomic E-state index is 0.136. The molecule has 0 radical (unpaired) electrons. The molecule has 1 aliphatic rings. The van der Waals surface area contributed by atoms with Gasteiger partial charge in [0.25, 0.3) is 0 Å². The number of hydrogen-bond acceptors (Lipinski definition) is 2. The summed E-state index contributed by atoms with van der Waals surface area (Å²) in [4.78, 5) is 19.5. The fraction of sp³-hybridized carbons (Fsp3) is 0.333. The predicted molar refractivity (Wildman–Crippen MR) is 117 cm³/mol. The monoisotopic (exact) mass is 407 g/mol. The van der Waals surface area contributed by atoms with Gasteiger partial charge in [-0.1, -0.05) is 48.0 Å². The molecule has 1 aliphatic heterocycles. The average Bonchev–Trinajstić information content (AvgIpc) is 3.27. The number of halogens is 1. The highest BCUT2D eigenvalue weighted by Crippen LogP contribution is 2.49. The van der Waals surface area contributed by atoms with Crippen molar-refractivity contribution in [2.24, 2.45) is 0 Å². The average molecular weight is 408 g/mol. The van der Waals surface area contributed by atoms with Gasteiger partial charge in [0.2, 0.25) is 5.91 Å². The number of carbonyl (C=O) groups excluding carboxylic acids is 1. The van der Waals surface area contributed by atoms with Crippen LogP contribution in [-0.4, -0.2) is 32.9 Å². The Morgan fingerprint density at radius 2 is 1.83 bits per heavy atom. The van der Waals surface area contributed by atoms with E-state index >= 15 is 0 Å². The summed E-state index contributed by atoms with van der Waals surface area (Å²) >= 11 is 6.18. The Kier molecular flexibility index (Phi) is 4.78. The van der Waals surface area contributed by atoms with E-state index in [9.17, 15) is 4.79 Å². The molecule has 0 fully saturated rings. The third-order valence-electron chi connectivity index (χ3n) is 6.07. The van der Waals surface area contributed by atoms with E-state index < -0.39 is 5.54 Å². The van der Waals surface area contributed by atoms with Crippen molar-refractivity contribution < 1.29 is 4.79 Å². The molecule has 0 bridgehead atoms. The highest BCUT2D eigenvalue weighted by atomic mass is 35.5. The van der Waals surface area contributed by atoms with Crippen LogP contribution >= 0.6 is 11.6 Å². The van der Waals surface area contributed by atoms with Crippen LogP contribution in [0.4, 0.5) is 0 Å². The second kappa shape index (κ2) is 7.03. The van der Waals surface area contributed by atoms with Crippen LogP contribution in [-0.2, 0) is 10.3 Å². The van der Waals surface area contributed by atoms with E-state index in [0.29, 0.717) is 17.9 Å². The van der Waals surface area contributed by atoms with Crippen molar-refractivity contribution in [2.45, 2.75) is 44.7 Å². The van der Waals surface area contributed by atoms with Gasteiger partial charge in [0.1, 0.15) is 5.82 Å². The van der Waals surface area contributed by atoms with Crippen LogP contribution in [0.25, 0.3) is 11.4 Å². The number of fused-ring (bicyclic) bond motifs is 3. The van der Waals surface area contributed by atoms with Gasteiger partial charge < -0.3 is 9.47 Å². The first kappa shape index (κ1) is 19.7. The molecule has 29 heavy (non-hydrogen) atoms. The Balaban J connectivity index is 1.83. The molecule has 0 saturated carbocycles. The molecule has 0 saturated heterocycles. The molecule has 0 spiro atoms. The van der Waals surface area contributed by atoms with Crippen molar-refractivity contribution >= 4 is 17.5 Å². The van der Waals surface area contributed by atoms with E-state index in [1.807, 2.05) is 42.5 Å². The number of nitrogens with zero attached hydrogens (tertiary/aromatic N) is 3. The van der Waals surface area contributed by atoms with Crippen LogP contribution in [0.2, 0.25) is 5.02 Å². The molecule has 2 heterocycles. The smallest absolute Gasteiger partial charge is 0.222 e. The zero-order valence-electron chi connectivity index (χ0n) is 17.3. The lowest BCUT2D eigenvalue weighted by Crippen LogP contribution is -2.43. The highest BCUT2D eigenvalue weighted by Gasteiger charge is 2.45. The summed E-state index contributed by atoms with van der Waals surface area (Å²) in [5.74, 6) is 1.07. The fourth-order valence-corrected chi connectivity index (χ4v) is 4.35. The van der Waals surface area contributed by atoms with Crippen LogP contribution in [0.15, 0.2) is 60.9 Å². The van der Waals surface area contributed by atoms with E-state index in [4.69, 9.17) is 11.6 Å². The minimum atomic E-state index is -0.485. The summed E-state index contributed by atoms with van der Waals surface area (Å²) in [7, 11) is 1.88. The lowest BCUT2D eigenvalue weighted by molar-refractivity contribution is -0.134. The number of amides is 1. The molecule has 1 amide bonds. The van der Waals surface area contributed by atoms with Gasteiger partial charge in [-0.3, -0.25) is 4.79 Å². The first-order chi connectivity index (χ1) is 13.7. The molecule has 0 aliphatic carbocycles. The first-order valence-electron chi connectivity index (χ1n) is 9.91. The van der Waals surface area contributed by atoms with Crippen molar-refractivity contribution in [1.29, 1.82) is 0 Å². The topological polar surface area (TPSA) is 38.1 Å². The van der Waals surface area contributed by atoms with E-state index in [1.54, 1.807) is 0 Å². The van der Waals surface area contributed by atoms with Crippen molar-refractivity contribution in [3.05, 3.63) is 77.1 Å². The molecule has 4 rings (SSSR count). The molecule has 5 heteroatoms. The summed E-state index contributed by atoms with van der Waals surface area (Å²) < 4.78 is 2.21. The van der Waals surface area contributed by atoms with Gasteiger partial charge in [-0.05, 0) is 50.5 Å². The molecular formula is C24H26ClN3O. The second-order valence-corrected chi connectivity index (χ2v) is 9.09. The minimum Gasteiger partial charge on any atom is -0.341 e. The molecule has 3 aromatic rings. The Bertz CT molecular complexity index is 1050. The van der Waals surface area contributed by atoms with Gasteiger partial charge in [-0.2, -0.15) is 0 Å². The number of hydrogen-bond donors (Lipinski definition) is 0. The SMILES string of the molecule is CN(C(=O)CCC1(c2ccc(Cl)cc2)c2ccccc2-c2nccn21)C(C)(C)C. The van der Waals surface area contributed by atoms with E-state index in [-0.39, 0.29) is 11.4 Å². The third kappa shape index (κ3) is 3.16. The molecule has 1 aromatic heterocycles. The molecular weight excluding hydrogens is 382 g/mol. The number of benzene rings is 2. The lowest BCUT2D eigenvalue weighted by Gasteiger charge is -2.36. The van der Waals surface area contributed by atoms with Crippen LogP contribution in [0.5, 0.6) is 0 Å². The van der Waals surface area contributed by atoms with Gasteiger partial charge in [0.15, 0.2) is 0 Å². The molecule has 0 N–H and O–H groups in total. The maximum Gasteiger partial charge on any atom is 0.222 e. The Morgan fingerprint density at radius 3 is 2.52 bits per heavy atom. The summed E-state index contributed by atoms with van der Waals surface area (Å²) in [6.07, 6.45) is 4.93. The number of imidazole rings is 1. The van der Waals surface area contributed by atoms with Crippen LogP contribution in [0, 0.1) is 0 Å². The van der Waals surface area contributed by atoms with Crippen LogP contribution < -0.4 is 0 Å². The zero-order valence-corrected chi connectivity index (χ0v) is 18.1. The summed E-state index contributed by atoms with van der Waals surface area (Å²) in [5, 5.41) is 0.699.